The van der Waals surface area contributed by atoms with E-state index in [-0.39, 0.29) is 34.0 Å². The highest BCUT2D eigenvalue weighted by Gasteiger charge is 2.44. The van der Waals surface area contributed by atoms with E-state index in [1.165, 1.54) is 6.42 Å². The standard InChI is InChI=1S/C34H68O5Si2/c1-15-16-20-24-29(38-40(11,12)33(5,6)7)30(39-41(13,14)34(8,9)10)27-26-28(35)23-21-18-17-19-22-25-31(36)37-32(2,3)4/h26-27,29-30H,15-25H2,1-14H3/b27-26+/t29-,30-/m0/s1. The average molecular weight is 613 g/mol. The summed E-state index contributed by atoms with van der Waals surface area (Å²) in [6, 6.07) is 0. The molecule has 0 spiro atoms. The largest absolute Gasteiger partial charge is 0.460 e. The van der Waals surface area contributed by atoms with E-state index in [1.54, 1.807) is 6.08 Å². The number of hydrogen-bond acceptors (Lipinski definition) is 5. The molecule has 0 unspecified atom stereocenters. The van der Waals surface area contributed by atoms with Gasteiger partial charge in [0.25, 0.3) is 0 Å². The molecule has 7 heteroatoms. The first-order valence-corrected chi connectivity index (χ1v) is 22.1. The van der Waals surface area contributed by atoms with Crippen LogP contribution in [-0.4, -0.2) is 46.2 Å². The topological polar surface area (TPSA) is 61.8 Å². The highest BCUT2D eigenvalue weighted by Crippen LogP contribution is 2.41. The van der Waals surface area contributed by atoms with Crippen LogP contribution in [0, 0.1) is 0 Å². The summed E-state index contributed by atoms with van der Waals surface area (Å²) in [5.41, 5.74) is -0.425. The molecule has 0 bridgehead atoms. The summed E-state index contributed by atoms with van der Waals surface area (Å²) in [4.78, 5) is 24.8. The van der Waals surface area contributed by atoms with Gasteiger partial charge in [-0.1, -0.05) is 93.1 Å². The number of hydrogen-bond donors (Lipinski definition) is 0. The summed E-state index contributed by atoms with van der Waals surface area (Å²) in [5.74, 6) is 0.0278. The molecule has 0 aromatic rings. The summed E-state index contributed by atoms with van der Waals surface area (Å²) in [6.07, 6.45) is 13.6. The molecule has 0 aliphatic carbocycles. The molecule has 0 fully saturated rings. The smallest absolute Gasteiger partial charge is 0.306 e. The first-order chi connectivity index (χ1) is 18.5. The molecule has 0 aromatic carbocycles. The van der Waals surface area contributed by atoms with E-state index in [9.17, 15) is 9.59 Å². The average Bonchev–Trinajstić information content (AvgIpc) is 2.77. The number of esters is 1. The van der Waals surface area contributed by atoms with Crippen LogP contribution in [0.5, 0.6) is 0 Å². The van der Waals surface area contributed by atoms with Crippen LogP contribution in [0.25, 0.3) is 0 Å². The maximum absolute atomic E-state index is 12.9. The van der Waals surface area contributed by atoms with Crippen molar-refractivity contribution in [3.8, 4) is 0 Å². The van der Waals surface area contributed by atoms with Crippen molar-refractivity contribution in [3.05, 3.63) is 12.2 Å². The van der Waals surface area contributed by atoms with E-state index in [4.69, 9.17) is 13.6 Å². The van der Waals surface area contributed by atoms with E-state index in [2.05, 4.69) is 74.7 Å². The van der Waals surface area contributed by atoms with Crippen molar-refractivity contribution in [2.24, 2.45) is 0 Å². The quantitative estimate of drug-likeness (QED) is 0.0628. The van der Waals surface area contributed by atoms with Crippen molar-refractivity contribution in [1.29, 1.82) is 0 Å². The highest BCUT2D eigenvalue weighted by atomic mass is 28.4. The molecular formula is C34H68O5Si2. The van der Waals surface area contributed by atoms with Gasteiger partial charge in [-0.05, 0) is 82.4 Å². The normalized spacial score (nSPS) is 15.3. The maximum atomic E-state index is 12.9. The Morgan fingerprint density at radius 3 is 1.66 bits per heavy atom. The predicted molar refractivity (Wildman–Crippen MR) is 181 cm³/mol. The number of unbranched alkanes of at least 4 members (excludes halogenated alkanes) is 6. The fourth-order valence-electron chi connectivity index (χ4n) is 3.97. The van der Waals surface area contributed by atoms with Crippen molar-refractivity contribution < 1.29 is 23.2 Å². The van der Waals surface area contributed by atoms with Gasteiger partial charge in [0.1, 0.15) is 5.60 Å². The Bertz CT molecular complexity index is 797. The van der Waals surface area contributed by atoms with Crippen molar-refractivity contribution in [2.45, 2.75) is 194 Å². The lowest BCUT2D eigenvalue weighted by molar-refractivity contribution is -0.154. The zero-order valence-electron chi connectivity index (χ0n) is 29.6. The van der Waals surface area contributed by atoms with Gasteiger partial charge in [0.05, 0.1) is 12.2 Å². The summed E-state index contributed by atoms with van der Waals surface area (Å²) in [7, 11) is -4.13. The van der Waals surface area contributed by atoms with E-state index in [1.807, 2.05) is 26.8 Å². The Morgan fingerprint density at radius 2 is 1.17 bits per heavy atom. The molecule has 0 N–H and O–H groups in total. The van der Waals surface area contributed by atoms with Crippen LogP contribution in [0.4, 0.5) is 0 Å². The number of ether oxygens (including phenoxy) is 1. The minimum Gasteiger partial charge on any atom is -0.460 e. The third-order valence-electron chi connectivity index (χ3n) is 8.64. The molecule has 0 amide bonds. The first kappa shape index (κ1) is 40.2. The van der Waals surface area contributed by atoms with Crippen LogP contribution in [0.3, 0.4) is 0 Å². The molecule has 0 aromatic heterocycles. The van der Waals surface area contributed by atoms with Crippen molar-refractivity contribution in [2.75, 3.05) is 0 Å². The molecule has 0 saturated heterocycles. The lowest BCUT2D eigenvalue weighted by Crippen LogP contribution is -2.51. The van der Waals surface area contributed by atoms with Gasteiger partial charge in [0.15, 0.2) is 22.4 Å². The van der Waals surface area contributed by atoms with Crippen molar-refractivity contribution in [1.82, 2.24) is 0 Å². The van der Waals surface area contributed by atoms with Gasteiger partial charge in [-0.25, -0.2) is 0 Å². The Balaban J connectivity index is 5.36. The number of rotatable bonds is 19. The Hall–Kier alpha value is -0.766. The number of carbonyl (C=O) groups excluding carboxylic acids is 2. The Morgan fingerprint density at radius 1 is 0.683 bits per heavy atom. The fourth-order valence-corrected chi connectivity index (χ4v) is 6.60. The van der Waals surface area contributed by atoms with E-state index < -0.39 is 22.2 Å². The molecule has 0 aliphatic heterocycles. The van der Waals surface area contributed by atoms with Gasteiger partial charge in [-0.2, -0.15) is 0 Å². The lowest BCUT2D eigenvalue weighted by Gasteiger charge is -2.44. The molecule has 0 aliphatic rings. The third-order valence-corrected chi connectivity index (χ3v) is 17.6. The SMILES string of the molecule is CCCCC[C@H](O[Si](C)(C)C(C)(C)C)[C@H](/C=C/C(=O)CCCCCCCC(=O)OC(C)(C)C)O[Si](C)(C)C(C)(C)C. The van der Waals surface area contributed by atoms with E-state index in [0.29, 0.717) is 12.8 Å². The van der Waals surface area contributed by atoms with Gasteiger partial charge in [0, 0.05) is 12.8 Å². The molecule has 2 atom stereocenters. The predicted octanol–water partition coefficient (Wildman–Crippen LogP) is 10.5. The monoisotopic (exact) mass is 612 g/mol. The molecule has 0 heterocycles. The minimum absolute atomic E-state index is 0.0504. The van der Waals surface area contributed by atoms with E-state index in [0.717, 1.165) is 51.4 Å². The van der Waals surface area contributed by atoms with Crippen LogP contribution >= 0.6 is 0 Å². The maximum Gasteiger partial charge on any atom is 0.306 e. The second-order valence-electron chi connectivity index (χ2n) is 15.9. The molecule has 5 nitrogen and oxygen atoms in total. The summed E-state index contributed by atoms with van der Waals surface area (Å²) in [5, 5.41) is 0.168. The van der Waals surface area contributed by atoms with E-state index >= 15 is 0 Å². The van der Waals surface area contributed by atoms with Crippen molar-refractivity contribution in [3.63, 3.8) is 0 Å². The Labute approximate surface area is 257 Å². The number of allylic oxidation sites excluding steroid dienone is 1. The van der Waals surface area contributed by atoms with Gasteiger partial charge in [-0.15, -0.1) is 0 Å². The van der Waals surface area contributed by atoms with Crippen LogP contribution in [-0.2, 0) is 23.2 Å². The molecule has 242 valence electrons. The van der Waals surface area contributed by atoms with Gasteiger partial charge >= 0.3 is 5.97 Å². The van der Waals surface area contributed by atoms with Gasteiger partial charge in [0.2, 0.25) is 0 Å². The minimum atomic E-state index is -2.10. The van der Waals surface area contributed by atoms with Crippen LogP contribution in [0.1, 0.15) is 140 Å². The summed E-state index contributed by atoms with van der Waals surface area (Å²) < 4.78 is 19.4. The van der Waals surface area contributed by atoms with Gasteiger partial charge in [-0.3, -0.25) is 9.59 Å². The fraction of sp³-hybridized carbons (Fsp3) is 0.882. The molecule has 41 heavy (non-hydrogen) atoms. The second-order valence-corrected chi connectivity index (χ2v) is 25.4. The molecule has 0 rings (SSSR count). The summed E-state index contributed by atoms with van der Waals surface area (Å²) >= 11 is 0. The first-order valence-electron chi connectivity index (χ1n) is 16.3. The van der Waals surface area contributed by atoms with Gasteiger partial charge < -0.3 is 13.6 Å². The number of ketones is 1. The zero-order chi connectivity index (χ0) is 32.1. The van der Waals surface area contributed by atoms with Crippen LogP contribution < -0.4 is 0 Å². The molecule has 0 radical (unpaired) electrons. The second kappa shape index (κ2) is 17.5. The molecular weight excluding hydrogens is 545 g/mol. The van der Waals surface area contributed by atoms with Crippen LogP contribution in [0.2, 0.25) is 36.3 Å². The van der Waals surface area contributed by atoms with Crippen LogP contribution in [0.15, 0.2) is 12.2 Å². The zero-order valence-corrected chi connectivity index (χ0v) is 31.6. The summed E-state index contributed by atoms with van der Waals surface area (Å²) in [6.45, 7) is 30.7. The highest BCUT2D eigenvalue weighted by molar-refractivity contribution is 6.74. The molecule has 0 saturated carbocycles. The Kier molecular flexibility index (Phi) is 17.2. The number of carbonyl (C=O) groups is 2. The lowest BCUT2D eigenvalue weighted by atomic mass is 10.0. The van der Waals surface area contributed by atoms with Crippen molar-refractivity contribution >= 4 is 28.4 Å². The third kappa shape index (κ3) is 17.2.